The standard InChI is InChI=1S/C9H6Br2F4N2O/c1-8(12,13)9(14,15)7(18)16-4-2-5(10)17-6(11)3-4/h2-3H,1H3,(H,16,17,18). The first-order chi connectivity index (χ1) is 8.04. The van der Waals surface area contributed by atoms with Crippen molar-refractivity contribution in [3.63, 3.8) is 0 Å². The van der Waals surface area contributed by atoms with E-state index in [1.165, 1.54) is 12.1 Å². The topological polar surface area (TPSA) is 42.0 Å². The van der Waals surface area contributed by atoms with Crippen LogP contribution in [0.15, 0.2) is 21.3 Å². The van der Waals surface area contributed by atoms with Gasteiger partial charge in [-0.1, -0.05) is 0 Å². The number of pyridine rings is 1. The van der Waals surface area contributed by atoms with Crippen LogP contribution in [0.25, 0.3) is 0 Å². The molecule has 0 aromatic carbocycles. The highest BCUT2D eigenvalue weighted by Gasteiger charge is 2.58. The molecule has 3 nitrogen and oxygen atoms in total. The maximum Gasteiger partial charge on any atom is 0.386 e. The molecule has 0 aliphatic carbocycles. The third-order valence-electron chi connectivity index (χ3n) is 1.86. The van der Waals surface area contributed by atoms with Crippen molar-refractivity contribution >= 4 is 43.5 Å². The van der Waals surface area contributed by atoms with Crippen LogP contribution in [-0.4, -0.2) is 22.7 Å². The molecule has 1 rings (SSSR count). The second kappa shape index (κ2) is 5.12. The molecule has 0 fully saturated rings. The van der Waals surface area contributed by atoms with Gasteiger partial charge in [-0.25, -0.2) is 4.98 Å². The van der Waals surface area contributed by atoms with Crippen LogP contribution in [0.4, 0.5) is 23.2 Å². The largest absolute Gasteiger partial charge is 0.386 e. The number of alkyl halides is 4. The summed E-state index contributed by atoms with van der Waals surface area (Å²) in [4.78, 5) is 14.9. The lowest BCUT2D eigenvalue weighted by Gasteiger charge is -2.21. The molecule has 1 aromatic heterocycles. The number of hydrogen-bond donors (Lipinski definition) is 1. The minimum Gasteiger partial charge on any atom is -0.320 e. The van der Waals surface area contributed by atoms with Gasteiger partial charge in [-0.2, -0.15) is 17.6 Å². The first kappa shape index (κ1) is 15.4. The summed E-state index contributed by atoms with van der Waals surface area (Å²) in [6, 6.07) is 2.40. The van der Waals surface area contributed by atoms with Crippen molar-refractivity contribution in [2.45, 2.75) is 18.8 Å². The van der Waals surface area contributed by atoms with Crippen molar-refractivity contribution in [1.29, 1.82) is 0 Å². The smallest absolute Gasteiger partial charge is 0.320 e. The Hall–Kier alpha value is -0.700. The molecule has 1 N–H and O–H groups in total. The van der Waals surface area contributed by atoms with Crippen molar-refractivity contribution in [2.24, 2.45) is 0 Å². The second-order valence-corrected chi connectivity index (χ2v) is 5.04. The van der Waals surface area contributed by atoms with Crippen molar-refractivity contribution in [3.8, 4) is 0 Å². The fourth-order valence-corrected chi connectivity index (χ4v) is 2.06. The SMILES string of the molecule is CC(F)(F)C(F)(F)C(=O)Nc1cc(Br)nc(Br)c1. The molecule has 0 bridgehead atoms. The molecule has 1 heterocycles. The number of nitrogens with zero attached hydrogens (tertiary/aromatic N) is 1. The summed E-state index contributed by atoms with van der Waals surface area (Å²) < 4.78 is 51.7. The fourth-order valence-electron chi connectivity index (χ4n) is 0.946. The van der Waals surface area contributed by atoms with Crippen LogP contribution in [-0.2, 0) is 4.79 Å². The van der Waals surface area contributed by atoms with E-state index in [2.05, 4.69) is 36.8 Å². The van der Waals surface area contributed by atoms with Crippen LogP contribution in [0, 0.1) is 0 Å². The van der Waals surface area contributed by atoms with E-state index >= 15 is 0 Å². The van der Waals surface area contributed by atoms with E-state index in [0.29, 0.717) is 0 Å². The van der Waals surface area contributed by atoms with E-state index in [9.17, 15) is 22.4 Å². The predicted octanol–water partition coefficient (Wildman–Crippen LogP) is 3.84. The summed E-state index contributed by atoms with van der Waals surface area (Å²) in [5.41, 5.74) is -0.0855. The second-order valence-electron chi connectivity index (χ2n) is 3.42. The summed E-state index contributed by atoms with van der Waals surface area (Å²) in [6.07, 6.45) is 0. The number of hydrogen-bond acceptors (Lipinski definition) is 2. The molecule has 9 heteroatoms. The van der Waals surface area contributed by atoms with Gasteiger partial charge in [-0.15, -0.1) is 0 Å². The van der Waals surface area contributed by atoms with E-state index in [1.807, 2.05) is 0 Å². The quantitative estimate of drug-likeness (QED) is 0.626. The molecular formula is C9H6Br2F4N2O. The number of carbonyl (C=O) groups excluding carboxylic acids is 1. The number of amides is 1. The van der Waals surface area contributed by atoms with Gasteiger partial charge < -0.3 is 5.32 Å². The zero-order valence-electron chi connectivity index (χ0n) is 8.78. The van der Waals surface area contributed by atoms with Gasteiger partial charge in [0, 0.05) is 12.6 Å². The van der Waals surface area contributed by atoms with Crippen molar-refractivity contribution in [1.82, 2.24) is 4.98 Å². The summed E-state index contributed by atoms with van der Waals surface area (Å²) in [5.74, 6) is -11.3. The Morgan fingerprint density at radius 2 is 1.67 bits per heavy atom. The first-order valence-corrected chi connectivity index (χ1v) is 6.03. The summed E-state index contributed by atoms with van der Waals surface area (Å²) in [7, 11) is 0. The maximum absolute atomic E-state index is 13.0. The number of nitrogens with one attached hydrogen (secondary N) is 1. The number of aromatic nitrogens is 1. The van der Waals surface area contributed by atoms with Crippen LogP contribution in [0.2, 0.25) is 0 Å². The Balaban J connectivity index is 2.95. The number of rotatable bonds is 3. The maximum atomic E-state index is 13.0. The molecule has 0 atom stereocenters. The van der Waals surface area contributed by atoms with E-state index in [0.717, 1.165) is 0 Å². The molecule has 1 aromatic rings. The van der Waals surface area contributed by atoms with Gasteiger partial charge in [0.15, 0.2) is 0 Å². The molecule has 1 amide bonds. The number of halogens is 6. The van der Waals surface area contributed by atoms with E-state index in [4.69, 9.17) is 0 Å². The molecule has 0 saturated heterocycles. The molecule has 0 aliphatic heterocycles. The molecule has 100 valence electrons. The summed E-state index contributed by atoms with van der Waals surface area (Å²) in [6.45, 7) is -0.0229. The predicted molar refractivity (Wildman–Crippen MR) is 63.8 cm³/mol. The number of carbonyl (C=O) groups is 1. The van der Waals surface area contributed by atoms with Gasteiger partial charge in [0.1, 0.15) is 9.21 Å². The average Bonchev–Trinajstić information content (AvgIpc) is 2.13. The van der Waals surface area contributed by atoms with Crippen LogP contribution >= 0.6 is 31.9 Å². The fraction of sp³-hybridized carbons (Fsp3) is 0.333. The van der Waals surface area contributed by atoms with Crippen LogP contribution in [0.5, 0.6) is 0 Å². The van der Waals surface area contributed by atoms with Crippen molar-refractivity contribution in [2.75, 3.05) is 5.32 Å². The number of anilines is 1. The van der Waals surface area contributed by atoms with Gasteiger partial charge in [0.25, 0.3) is 0 Å². The van der Waals surface area contributed by atoms with E-state index < -0.39 is 17.8 Å². The van der Waals surface area contributed by atoms with Crippen molar-refractivity contribution in [3.05, 3.63) is 21.3 Å². The third kappa shape index (κ3) is 3.41. The van der Waals surface area contributed by atoms with Gasteiger partial charge in [0.05, 0.1) is 0 Å². The highest BCUT2D eigenvalue weighted by atomic mass is 79.9. The van der Waals surface area contributed by atoms with Crippen LogP contribution in [0.3, 0.4) is 0 Å². The molecule has 0 saturated carbocycles. The van der Waals surface area contributed by atoms with Crippen molar-refractivity contribution < 1.29 is 22.4 Å². The highest BCUT2D eigenvalue weighted by molar-refractivity contribution is 9.11. The lowest BCUT2D eigenvalue weighted by molar-refractivity contribution is -0.198. The molecule has 0 aliphatic rings. The van der Waals surface area contributed by atoms with Gasteiger partial charge in [-0.3, -0.25) is 4.79 Å². The zero-order chi connectivity index (χ0) is 14.1. The Kier molecular flexibility index (Phi) is 4.37. The lowest BCUT2D eigenvalue weighted by Crippen LogP contribution is -2.48. The van der Waals surface area contributed by atoms with E-state index in [-0.39, 0.29) is 21.8 Å². The Labute approximate surface area is 116 Å². The normalized spacial score (nSPS) is 12.4. The molecule has 18 heavy (non-hydrogen) atoms. The van der Waals surface area contributed by atoms with Crippen LogP contribution < -0.4 is 5.32 Å². The molecular weight excluding hydrogens is 388 g/mol. The van der Waals surface area contributed by atoms with E-state index in [1.54, 1.807) is 5.32 Å². The molecule has 0 unspecified atom stereocenters. The Bertz CT molecular complexity index is 456. The Morgan fingerprint density at radius 1 is 1.22 bits per heavy atom. The van der Waals surface area contributed by atoms with Gasteiger partial charge >= 0.3 is 17.8 Å². The third-order valence-corrected chi connectivity index (χ3v) is 2.67. The summed E-state index contributed by atoms with van der Waals surface area (Å²) >= 11 is 5.93. The highest BCUT2D eigenvalue weighted by Crippen LogP contribution is 2.34. The Morgan fingerprint density at radius 3 is 2.06 bits per heavy atom. The van der Waals surface area contributed by atoms with Gasteiger partial charge in [-0.05, 0) is 44.0 Å². The molecule has 0 spiro atoms. The molecule has 0 radical (unpaired) electrons. The first-order valence-electron chi connectivity index (χ1n) is 4.44. The zero-order valence-corrected chi connectivity index (χ0v) is 11.9. The minimum atomic E-state index is -4.80. The minimum absolute atomic E-state index is 0.0229. The van der Waals surface area contributed by atoms with Crippen LogP contribution in [0.1, 0.15) is 6.92 Å². The lowest BCUT2D eigenvalue weighted by atomic mass is 10.2. The van der Waals surface area contributed by atoms with Gasteiger partial charge in [0.2, 0.25) is 0 Å². The summed E-state index contributed by atoms with van der Waals surface area (Å²) in [5, 5.41) is 1.70. The monoisotopic (exact) mass is 392 g/mol. The average molecular weight is 394 g/mol.